The SMILES string of the molecule is CCOc1ccc(C2(CC(=O)O)COC2)cc1. The molecule has 0 radical (unpaired) electrons. The summed E-state index contributed by atoms with van der Waals surface area (Å²) in [7, 11) is 0. The van der Waals surface area contributed by atoms with Crippen LogP contribution < -0.4 is 4.74 Å². The van der Waals surface area contributed by atoms with Gasteiger partial charge in [-0.3, -0.25) is 4.79 Å². The number of hydrogen-bond acceptors (Lipinski definition) is 3. The van der Waals surface area contributed by atoms with Crippen molar-refractivity contribution in [3.8, 4) is 5.75 Å². The minimum Gasteiger partial charge on any atom is -0.494 e. The fourth-order valence-corrected chi connectivity index (χ4v) is 2.08. The molecule has 92 valence electrons. The van der Waals surface area contributed by atoms with Crippen molar-refractivity contribution >= 4 is 5.97 Å². The Morgan fingerprint density at radius 2 is 2.06 bits per heavy atom. The van der Waals surface area contributed by atoms with Gasteiger partial charge in [-0.25, -0.2) is 0 Å². The van der Waals surface area contributed by atoms with Crippen molar-refractivity contribution in [1.29, 1.82) is 0 Å². The lowest BCUT2D eigenvalue weighted by molar-refractivity contribution is -0.145. The average Bonchev–Trinajstić information content (AvgIpc) is 2.25. The summed E-state index contributed by atoms with van der Waals surface area (Å²) in [5.74, 6) is 0.0177. The first-order chi connectivity index (χ1) is 8.16. The van der Waals surface area contributed by atoms with Crippen LogP contribution in [0.3, 0.4) is 0 Å². The molecule has 1 aromatic carbocycles. The van der Waals surface area contributed by atoms with Crippen molar-refractivity contribution in [2.75, 3.05) is 19.8 Å². The number of ether oxygens (including phenoxy) is 2. The van der Waals surface area contributed by atoms with Crippen molar-refractivity contribution in [3.63, 3.8) is 0 Å². The molecular formula is C13H16O4. The predicted octanol–water partition coefficient (Wildman–Crippen LogP) is 1.83. The van der Waals surface area contributed by atoms with Gasteiger partial charge in [0.25, 0.3) is 0 Å². The maximum atomic E-state index is 10.9. The van der Waals surface area contributed by atoms with E-state index in [4.69, 9.17) is 14.6 Å². The van der Waals surface area contributed by atoms with Gasteiger partial charge in [-0.05, 0) is 24.6 Å². The van der Waals surface area contributed by atoms with E-state index in [1.807, 2.05) is 31.2 Å². The molecule has 2 rings (SSSR count). The van der Waals surface area contributed by atoms with Gasteiger partial charge in [0.1, 0.15) is 5.75 Å². The monoisotopic (exact) mass is 236 g/mol. The molecule has 1 fully saturated rings. The number of aliphatic carboxylic acids is 1. The van der Waals surface area contributed by atoms with Crippen LogP contribution in [0.25, 0.3) is 0 Å². The van der Waals surface area contributed by atoms with Gasteiger partial charge < -0.3 is 14.6 Å². The average molecular weight is 236 g/mol. The summed E-state index contributed by atoms with van der Waals surface area (Å²) in [6, 6.07) is 7.61. The van der Waals surface area contributed by atoms with Gasteiger partial charge in [0.15, 0.2) is 0 Å². The summed E-state index contributed by atoms with van der Waals surface area (Å²) in [4.78, 5) is 10.9. The minimum absolute atomic E-state index is 0.112. The standard InChI is InChI=1S/C13H16O4/c1-2-17-11-5-3-10(4-6-11)13(7-12(14)15)8-16-9-13/h3-6H,2,7-9H2,1H3,(H,14,15). The summed E-state index contributed by atoms with van der Waals surface area (Å²) in [6.07, 6.45) is 0.112. The van der Waals surface area contributed by atoms with E-state index in [-0.39, 0.29) is 11.8 Å². The van der Waals surface area contributed by atoms with Gasteiger partial charge >= 0.3 is 5.97 Å². The second-order valence-electron chi connectivity index (χ2n) is 4.30. The topological polar surface area (TPSA) is 55.8 Å². The third kappa shape index (κ3) is 2.42. The molecule has 1 aliphatic rings. The smallest absolute Gasteiger partial charge is 0.304 e. The maximum Gasteiger partial charge on any atom is 0.304 e. The summed E-state index contributed by atoms with van der Waals surface area (Å²) in [6.45, 7) is 3.52. The Hall–Kier alpha value is -1.55. The molecule has 0 atom stereocenters. The van der Waals surface area contributed by atoms with Crippen LogP contribution in [0.1, 0.15) is 18.9 Å². The fraction of sp³-hybridized carbons (Fsp3) is 0.462. The van der Waals surface area contributed by atoms with Crippen molar-refractivity contribution < 1.29 is 19.4 Å². The van der Waals surface area contributed by atoms with Gasteiger partial charge in [-0.1, -0.05) is 12.1 Å². The lowest BCUT2D eigenvalue weighted by Crippen LogP contribution is -2.48. The first-order valence-corrected chi connectivity index (χ1v) is 5.69. The van der Waals surface area contributed by atoms with Crippen LogP contribution in [-0.2, 0) is 14.9 Å². The van der Waals surface area contributed by atoms with E-state index in [1.54, 1.807) is 0 Å². The number of carboxylic acids is 1. The van der Waals surface area contributed by atoms with Gasteiger partial charge in [-0.2, -0.15) is 0 Å². The summed E-state index contributed by atoms with van der Waals surface area (Å²) in [5, 5.41) is 8.93. The molecule has 1 aromatic rings. The van der Waals surface area contributed by atoms with Crippen LogP contribution in [-0.4, -0.2) is 30.9 Å². The highest BCUT2D eigenvalue weighted by molar-refractivity contribution is 5.69. The van der Waals surface area contributed by atoms with Crippen LogP contribution in [0, 0.1) is 0 Å². The lowest BCUT2D eigenvalue weighted by Gasteiger charge is -2.40. The Bertz CT molecular complexity index is 392. The molecule has 0 unspecified atom stereocenters. The van der Waals surface area contributed by atoms with Crippen LogP contribution >= 0.6 is 0 Å². The van der Waals surface area contributed by atoms with E-state index in [1.165, 1.54) is 0 Å². The van der Waals surface area contributed by atoms with Gasteiger partial charge in [0.05, 0.1) is 31.7 Å². The molecule has 4 heteroatoms. The quantitative estimate of drug-likeness (QED) is 0.847. The zero-order chi connectivity index (χ0) is 12.3. The molecule has 1 heterocycles. The van der Waals surface area contributed by atoms with Gasteiger partial charge in [0, 0.05) is 0 Å². The highest BCUT2D eigenvalue weighted by atomic mass is 16.5. The third-order valence-corrected chi connectivity index (χ3v) is 3.02. The van der Waals surface area contributed by atoms with E-state index in [2.05, 4.69) is 0 Å². The molecule has 1 aliphatic heterocycles. The summed E-state index contributed by atoms with van der Waals surface area (Å²) in [5.41, 5.74) is 0.658. The number of carboxylic acid groups (broad SMARTS) is 1. The molecule has 0 aliphatic carbocycles. The molecule has 0 amide bonds. The molecule has 0 spiro atoms. The maximum absolute atomic E-state index is 10.9. The summed E-state index contributed by atoms with van der Waals surface area (Å²) < 4.78 is 10.5. The third-order valence-electron chi connectivity index (χ3n) is 3.02. The van der Waals surface area contributed by atoms with Crippen molar-refractivity contribution in [2.45, 2.75) is 18.8 Å². The highest BCUT2D eigenvalue weighted by Gasteiger charge is 2.42. The number of benzene rings is 1. The largest absolute Gasteiger partial charge is 0.494 e. The molecule has 17 heavy (non-hydrogen) atoms. The van der Waals surface area contributed by atoms with E-state index in [9.17, 15) is 4.79 Å². The predicted molar refractivity (Wildman–Crippen MR) is 62.4 cm³/mol. The second-order valence-corrected chi connectivity index (χ2v) is 4.30. The first-order valence-electron chi connectivity index (χ1n) is 5.69. The Balaban J connectivity index is 2.17. The highest BCUT2D eigenvalue weighted by Crippen LogP contribution is 2.36. The van der Waals surface area contributed by atoms with Crippen LogP contribution in [0.15, 0.2) is 24.3 Å². The van der Waals surface area contributed by atoms with Gasteiger partial charge in [0.2, 0.25) is 0 Å². The number of carbonyl (C=O) groups is 1. The molecule has 1 N–H and O–H groups in total. The molecule has 4 nitrogen and oxygen atoms in total. The van der Waals surface area contributed by atoms with E-state index >= 15 is 0 Å². The normalized spacial score (nSPS) is 17.2. The molecule has 1 saturated heterocycles. The van der Waals surface area contributed by atoms with E-state index in [0.29, 0.717) is 19.8 Å². The lowest BCUT2D eigenvalue weighted by atomic mass is 9.76. The van der Waals surface area contributed by atoms with Crippen LogP contribution in [0.2, 0.25) is 0 Å². The first kappa shape index (κ1) is 11.9. The minimum atomic E-state index is -0.790. The van der Waals surface area contributed by atoms with Crippen LogP contribution in [0.4, 0.5) is 0 Å². The van der Waals surface area contributed by atoms with Crippen molar-refractivity contribution in [2.24, 2.45) is 0 Å². The van der Waals surface area contributed by atoms with E-state index < -0.39 is 5.97 Å². The Kier molecular flexibility index (Phi) is 3.33. The molecule has 0 saturated carbocycles. The van der Waals surface area contributed by atoms with E-state index in [0.717, 1.165) is 11.3 Å². The number of hydrogen-bond donors (Lipinski definition) is 1. The zero-order valence-corrected chi connectivity index (χ0v) is 9.81. The van der Waals surface area contributed by atoms with Gasteiger partial charge in [-0.15, -0.1) is 0 Å². The van der Waals surface area contributed by atoms with Crippen molar-refractivity contribution in [3.05, 3.63) is 29.8 Å². The zero-order valence-electron chi connectivity index (χ0n) is 9.81. The molecule has 0 aromatic heterocycles. The fourth-order valence-electron chi connectivity index (χ4n) is 2.08. The van der Waals surface area contributed by atoms with Crippen molar-refractivity contribution in [1.82, 2.24) is 0 Å². The molecule has 0 bridgehead atoms. The Morgan fingerprint density at radius 1 is 1.41 bits per heavy atom. The Labute approximate surface area is 100 Å². The second kappa shape index (κ2) is 4.75. The van der Waals surface area contributed by atoms with Crippen LogP contribution in [0.5, 0.6) is 5.75 Å². The summed E-state index contributed by atoms with van der Waals surface area (Å²) >= 11 is 0. The number of rotatable bonds is 5. The molecular weight excluding hydrogens is 220 g/mol. The Morgan fingerprint density at radius 3 is 2.47 bits per heavy atom.